The number of halogens is 1. The average molecular weight is 318 g/mol. The fourth-order valence-corrected chi connectivity index (χ4v) is 1.26. The van der Waals surface area contributed by atoms with E-state index in [0.29, 0.717) is 12.3 Å². The Hall–Kier alpha value is -1.24. The van der Waals surface area contributed by atoms with Crippen molar-refractivity contribution in [2.45, 2.75) is 12.8 Å². The molecule has 0 fully saturated rings. The Labute approximate surface area is 114 Å². The van der Waals surface area contributed by atoms with Crippen LogP contribution >= 0.6 is 15.9 Å². The van der Waals surface area contributed by atoms with Gasteiger partial charge in [-0.3, -0.25) is 9.59 Å². The third kappa shape index (κ3) is 7.94. The highest BCUT2D eigenvalue weighted by atomic mass is 79.9. The summed E-state index contributed by atoms with van der Waals surface area (Å²) in [6.45, 7) is 0.319. The number of benzene rings is 1. The smallest absolute Gasteiger partial charge is 0.303 e. The number of carboxylic acid groups (broad SMARTS) is 1. The second-order valence-electron chi connectivity index (χ2n) is 3.28. The lowest BCUT2D eigenvalue weighted by molar-refractivity contribution is -0.136. The van der Waals surface area contributed by atoms with Gasteiger partial charge in [0.2, 0.25) is 0 Å². The van der Waals surface area contributed by atoms with E-state index in [-0.39, 0.29) is 18.6 Å². The second-order valence-corrected chi connectivity index (χ2v) is 4.19. The van der Waals surface area contributed by atoms with E-state index >= 15 is 0 Å². The highest BCUT2D eigenvalue weighted by Crippen LogP contribution is 2.12. The molecule has 0 atom stereocenters. The molecule has 0 heterocycles. The largest absolute Gasteiger partial charge is 0.481 e. The molecule has 0 unspecified atom stereocenters. The molecular formula is C12H16BrNO4. The summed E-state index contributed by atoms with van der Waals surface area (Å²) in [7, 11) is 1.56. The van der Waals surface area contributed by atoms with Crippen molar-refractivity contribution in [2.24, 2.45) is 5.73 Å². The van der Waals surface area contributed by atoms with Gasteiger partial charge in [-0.15, -0.1) is 0 Å². The molecule has 3 N–H and O–H groups in total. The van der Waals surface area contributed by atoms with Crippen LogP contribution in [-0.2, 0) is 9.53 Å². The van der Waals surface area contributed by atoms with Gasteiger partial charge in [0, 0.05) is 23.6 Å². The van der Waals surface area contributed by atoms with Gasteiger partial charge in [0.15, 0.2) is 5.78 Å². The van der Waals surface area contributed by atoms with Gasteiger partial charge in [0.05, 0.1) is 13.2 Å². The van der Waals surface area contributed by atoms with Crippen molar-refractivity contribution in [1.82, 2.24) is 0 Å². The average Bonchev–Trinajstić information content (AvgIpc) is 2.37. The third-order valence-corrected chi connectivity index (χ3v) is 2.43. The maximum atomic E-state index is 11.4. The maximum absolute atomic E-state index is 11.4. The van der Waals surface area contributed by atoms with Gasteiger partial charge in [-0.1, -0.05) is 28.1 Å². The molecule has 0 saturated heterocycles. The van der Waals surface area contributed by atoms with E-state index in [9.17, 15) is 9.59 Å². The molecule has 0 saturated carbocycles. The lowest BCUT2D eigenvalue weighted by Gasteiger charge is -1.98. The van der Waals surface area contributed by atoms with Gasteiger partial charge in [-0.05, 0) is 12.1 Å². The van der Waals surface area contributed by atoms with Crippen molar-refractivity contribution in [3.63, 3.8) is 0 Å². The molecular weight excluding hydrogens is 302 g/mol. The van der Waals surface area contributed by atoms with Crippen LogP contribution in [0.25, 0.3) is 0 Å². The van der Waals surface area contributed by atoms with Gasteiger partial charge in [0.1, 0.15) is 0 Å². The van der Waals surface area contributed by atoms with Crippen LogP contribution in [0.15, 0.2) is 28.7 Å². The van der Waals surface area contributed by atoms with Crippen molar-refractivity contribution in [3.8, 4) is 0 Å². The van der Waals surface area contributed by atoms with Crippen LogP contribution in [0.4, 0.5) is 0 Å². The quantitative estimate of drug-likeness (QED) is 0.640. The van der Waals surface area contributed by atoms with Crippen LogP contribution in [0.3, 0.4) is 0 Å². The zero-order chi connectivity index (χ0) is 14.0. The Balaban J connectivity index is 0.000000631. The predicted molar refractivity (Wildman–Crippen MR) is 71.4 cm³/mol. The number of rotatable bonds is 5. The number of hydrogen-bond donors (Lipinski definition) is 2. The summed E-state index contributed by atoms with van der Waals surface area (Å²) in [5, 5.41) is 8.39. The lowest BCUT2D eigenvalue weighted by Crippen LogP contribution is -2.03. The normalized spacial score (nSPS) is 9.28. The summed E-state index contributed by atoms with van der Waals surface area (Å²) in [6, 6.07) is 6.87. The Bertz CT molecular complexity index is 376. The number of Topliss-reactive ketones (excluding diaryl/α,β-unsaturated/α-hetero) is 1. The van der Waals surface area contributed by atoms with Crippen LogP contribution in [0.1, 0.15) is 23.2 Å². The maximum Gasteiger partial charge on any atom is 0.303 e. The van der Waals surface area contributed by atoms with E-state index in [1.165, 1.54) is 0 Å². The van der Waals surface area contributed by atoms with Crippen molar-refractivity contribution >= 4 is 27.7 Å². The molecule has 0 bridgehead atoms. The van der Waals surface area contributed by atoms with E-state index in [4.69, 9.17) is 10.8 Å². The molecule has 0 radical (unpaired) electrons. The van der Waals surface area contributed by atoms with E-state index in [0.717, 1.165) is 4.47 Å². The van der Waals surface area contributed by atoms with Gasteiger partial charge < -0.3 is 15.6 Å². The fraction of sp³-hybridized carbons (Fsp3) is 0.333. The minimum Gasteiger partial charge on any atom is -0.481 e. The Morgan fingerprint density at radius 3 is 2.17 bits per heavy atom. The number of hydrogen-bond acceptors (Lipinski definition) is 4. The van der Waals surface area contributed by atoms with Crippen LogP contribution in [-0.4, -0.2) is 30.7 Å². The molecule has 0 amide bonds. The van der Waals surface area contributed by atoms with Gasteiger partial charge in [0.25, 0.3) is 0 Å². The number of carboxylic acids is 1. The first-order chi connectivity index (χ1) is 8.51. The Morgan fingerprint density at radius 2 is 1.78 bits per heavy atom. The summed E-state index contributed by atoms with van der Waals surface area (Å²) in [4.78, 5) is 21.6. The molecule has 100 valence electrons. The van der Waals surface area contributed by atoms with E-state index < -0.39 is 5.97 Å². The molecule has 0 aliphatic carbocycles. The summed E-state index contributed by atoms with van der Waals surface area (Å²) < 4.78 is 5.22. The Morgan fingerprint density at radius 1 is 1.28 bits per heavy atom. The predicted octanol–water partition coefficient (Wildman–Crippen LogP) is 2.05. The molecule has 0 aromatic heterocycles. The van der Waals surface area contributed by atoms with Crippen LogP contribution in [0.2, 0.25) is 0 Å². The topological polar surface area (TPSA) is 89.6 Å². The number of ether oxygens (including phenoxy) is 1. The second kappa shape index (κ2) is 9.76. The summed E-state index contributed by atoms with van der Waals surface area (Å²) in [5.41, 5.74) is 5.36. The van der Waals surface area contributed by atoms with Crippen LogP contribution in [0, 0.1) is 0 Å². The van der Waals surface area contributed by atoms with Crippen molar-refractivity contribution in [1.29, 1.82) is 0 Å². The first-order valence-electron chi connectivity index (χ1n) is 5.20. The molecule has 18 heavy (non-hydrogen) atoms. The number of carbonyl (C=O) groups is 2. The number of ketones is 1. The van der Waals surface area contributed by atoms with E-state index in [1.54, 1.807) is 31.4 Å². The van der Waals surface area contributed by atoms with E-state index in [2.05, 4.69) is 20.7 Å². The van der Waals surface area contributed by atoms with Crippen LogP contribution in [0.5, 0.6) is 0 Å². The molecule has 0 aliphatic heterocycles. The van der Waals surface area contributed by atoms with Gasteiger partial charge >= 0.3 is 5.97 Å². The standard InChI is InChI=1S/C10H9BrO3.C2H7NO/c11-8-3-1-7(2-4-8)9(12)5-6-10(13)14;1-4-2-3/h1-4H,5-6H2,(H,13,14);2-3H2,1H3. The summed E-state index contributed by atoms with van der Waals surface area (Å²) in [5.74, 6) is -1.09. The molecule has 1 rings (SSSR count). The van der Waals surface area contributed by atoms with Crippen molar-refractivity contribution in [3.05, 3.63) is 34.3 Å². The SMILES string of the molecule is COCN.O=C(O)CCC(=O)c1ccc(Br)cc1. The molecule has 1 aromatic rings. The molecule has 0 spiro atoms. The fourth-order valence-electron chi connectivity index (χ4n) is 1.00. The molecule has 5 nitrogen and oxygen atoms in total. The zero-order valence-electron chi connectivity index (χ0n) is 10.1. The zero-order valence-corrected chi connectivity index (χ0v) is 11.6. The molecule has 6 heteroatoms. The van der Waals surface area contributed by atoms with E-state index in [1.807, 2.05) is 0 Å². The molecule has 0 aliphatic rings. The van der Waals surface area contributed by atoms with Crippen LogP contribution < -0.4 is 5.73 Å². The first-order valence-corrected chi connectivity index (χ1v) is 6.00. The van der Waals surface area contributed by atoms with Gasteiger partial charge in [-0.2, -0.15) is 0 Å². The first kappa shape index (κ1) is 16.8. The minimum absolute atomic E-state index is 0.0525. The highest BCUT2D eigenvalue weighted by Gasteiger charge is 2.07. The third-order valence-electron chi connectivity index (χ3n) is 1.90. The Kier molecular flexibility index (Phi) is 9.08. The monoisotopic (exact) mass is 317 g/mol. The highest BCUT2D eigenvalue weighted by molar-refractivity contribution is 9.10. The number of nitrogens with two attached hydrogens (primary N) is 1. The van der Waals surface area contributed by atoms with Crippen molar-refractivity contribution < 1.29 is 19.4 Å². The minimum atomic E-state index is -0.949. The lowest BCUT2D eigenvalue weighted by atomic mass is 10.1. The van der Waals surface area contributed by atoms with Crippen molar-refractivity contribution in [2.75, 3.05) is 13.8 Å². The number of aliphatic carboxylic acids is 1. The number of carbonyl (C=O) groups excluding carboxylic acids is 1. The van der Waals surface area contributed by atoms with Gasteiger partial charge in [-0.25, -0.2) is 0 Å². The summed E-state index contributed by atoms with van der Waals surface area (Å²) in [6.07, 6.45) is -0.0636. The molecule has 1 aromatic carbocycles. The number of methoxy groups -OCH3 is 1. The summed E-state index contributed by atoms with van der Waals surface area (Å²) >= 11 is 3.25.